The van der Waals surface area contributed by atoms with Crippen LogP contribution < -0.4 is 10.0 Å². The zero-order chi connectivity index (χ0) is 16.7. The van der Waals surface area contributed by atoms with Gasteiger partial charge in [0.2, 0.25) is 10.0 Å². The summed E-state index contributed by atoms with van der Waals surface area (Å²) in [5.41, 5.74) is 3.09. The van der Waals surface area contributed by atoms with E-state index in [1.165, 1.54) is 5.56 Å². The number of nitrogens with zero attached hydrogens (tertiary/aromatic N) is 1. The molecule has 0 atom stereocenters. The maximum atomic E-state index is 11.9. The summed E-state index contributed by atoms with van der Waals surface area (Å²) in [5.74, 6) is 0.00983. The van der Waals surface area contributed by atoms with Gasteiger partial charge in [-0.05, 0) is 42.7 Å². The van der Waals surface area contributed by atoms with Gasteiger partial charge in [0.1, 0.15) is 0 Å². The van der Waals surface area contributed by atoms with Gasteiger partial charge in [0.25, 0.3) is 0 Å². The number of hydrogen-bond acceptors (Lipinski definition) is 4. The lowest BCUT2D eigenvalue weighted by Gasteiger charge is -2.10. The van der Waals surface area contributed by atoms with Gasteiger partial charge >= 0.3 is 0 Å². The Morgan fingerprint density at radius 1 is 0.913 bits per heavy atom. The Morgan fingerprint density at radius 3 is 2.00 bits per heavy atom. The maximum absolute atomic E-state index is 11.9. The SMILES string of the molecule is CC(C)NS(=O)(=O)Cc1ccc(CNCc2ccncc2)cc1. The highest BCUT2D eigenvalue weighted by Crippen LogP contribution is 2.08. The van der Waals surface area contributed by atoms with Gasteiger partial charge in [-0.3, -0.25) is 4.98 Å². The van der Waals surface area contributed by atoms with E-state index in [-0.39, 0.29) is 11.8 Å². The second-order valence-electron chi connectivity index (χ2n) is 5.81. The Labute approximate surface area is 138 Å². The van der Waals surface area contributed by atoms with Crippen LogP contribution in [0.15, 0.2) is 48.8 Å². The molecule has 0 aliphatic rings. The number of benzene rings is 1. The lowest BCUT2D eigenvalue weighted by molar-refractivity contribution is 0.569. The number of hydrogen-bond donors (Lipinski definition) is 2. The van der Waals surface area contributed by atoms with Gasteiger partial charge < -0.3 is 5.32 Å². The fourth-order valence-electron chi connectivity index (χ4n) is 2.23. The fraction of sp³-hybridized carbons (Fsp3) is 0.353. The predicted molar refractivity (Wildman–Crippen MR) is 92.1 cm³/mol. The standard InChI is InChI=1S/C17H23N3O2S/c1-14(2)20-23(21,22)13-17-5-3-15(4-6-17)11-19-12-16-7-9-18-10-8-16/h3-10,14,19-20H,11-13H2,1-2H3. The van der Waals surface area contributed by atoms with E-state index in [2.05, 4.69) is 15.0 Å². The molecule has 0 fully saturated rings. The smallest absolute Gasteiger partial charge is 0.216 e. The summed E-state index contributed by atoms with van der Waals surface area (Å²) in [5, 5.41) is 3.35. The monoisotopic (exact) mass is 333 g/mol. The minimum absolute atomic E-state index is 0.00983. The molecule has 0 saturated carbocycles. The normalized spacial score (nSPS) is 11.8. The molecule has 0 bridgehead atoms. The Balaban J connectivity index is 1.85. The molecule has 5 nitrogen and oxygen atoms in total. The minimum Gasteiger partial charge on any atom is -0.309 e. The number of pyridine rings is 1. The first kappa shape index (κ1) is 17.6. The summed E-state index contributed by atoms with van der Waals surface area (Å²) in [7, 11) is -3.27. The van der Waals surface area contributed by atoms with E-state index < -0.39 is 10.0 Å². The summed E-state index contributed by atoms with van der Waals surface area (Å²) in [4.78, 5) is 3.99. The average molecular weight is 333 g/mol. The first-order chi connectivity index (χ1) is 10.9. The highest BCUT2D eigenvalue weighted by Gasteiger charge is 2.12. The third-order valence-corrected chi connectivity index (χ3v) is 4.75. The number of rotatable bonds is 8. The molecule has 0 aliphatic heterocycles. The molecule has 124 valence electrons. The lowest BCUT2D eigenvalue weighted by atomic mass is 10.1. The van der Waals surface area contributed by atoms with Crippen LogP contribution >= 0.6 is 0 Å². The quantitative estimate of drug-likeness (QED) is 0.777. The summed E-state index contributed by atoms with van der Waals surface area (Å²) >= 11 is 0. The zero-order valence-corrected chi connectivity index (χ0v) is 14.3. The first-order valence-corrected chi connectivity index (χ1v) is 9.27. The van der Waals surface area contributed by atoms with E-state index in [1.54, 1.807) is 12.4 Å². The van der Waals surface area contributed by atoms with Crippen molar-refractivity contribution in [3.63, 3.8) is 0 Å². The van der Waals surface area contributed by atoms with E-state index in [1.807, 2.05) is 50.2 Å². The van der Waals surface area contributed by atoms with E-state index in [9.17, 15) is 8.42 Å². The third-order valence-electron chi connectivity index (χ3n) is 3.20. The van der Waals surface area contributed by atoms with E-state index >= 15 is 0 Å². The van der Waals surface area contributed by atoms with E-state index in [0.717, 1.165) is 24.2 Å². The molecule has 1 heterocycles. The second-order valence-corrected chi connectivity index (χ2v) is 7.56. The molecule has 2 N–H and O–H groups in total. The van der Waals surface area contributed by atoms with Crippen LogP contribution in [-0.4, -0.2) is 19.4 Å². The van der Waals surface area contributed by atoms with E-state index in [0.29, 0.717) is 0 Å². The maximum Gasteiger partial charge on any atom is 0.216 e. The molecule has 0 spiro atoms. The molecule has 23 heavy (non-hydrogen) atoms. The van der Waals surface area contributed by atoms with Gasteiger partial charge in [-0.25, -0.2) is 13.1 Å². The lowest BCUT2D eigenvalue weighted by Crippen LogP contribution is -2.31. The van der Waals surface area contributed by atoms with Crippen molar-refractivity contribution in [2.45, 2.75) is 38.7 Å². The van der Waals surface area contributed by atoms with Crippen LogP contribution in [0, 0.1) is 0 Å². The van der Waals surface area contributed by atoms with Crippen molar-refractivity contribution < 1.29 is 8.42 Å². The number of nitrogens with one attached hydrogen (secondary N) is 2. The fourth-order valence-corrected chi connectivity index (χ4v) is 3.66. The van der Waals surface area contributed by atoms with Crippen molar-refractivity contribution in [2.75, 3.05) is 0 Å². The molecule has 0 amide bonds. The van der Waals surface area contributed by atoms with Gasteiger partial charge in [-0.15, -0.1) is 0 Å². The molecular formula is C17H23N3O2S. The molecular weight excluding hydrogens is 310 g/mol. The van der Waals surface area contributed by atoms with Crippen LogP contribution in [0.5, 0.6) is 0 Å². The zero-order valence-electron chi connectivity index (χ0n) is 13.5. The van der Waals surface area contributed by atoms with Crippen LogP contribution in [0.25, 0.3) is 0 Å². The van der Waals surface area contributed by atoms with E-state index in [4.69, 9.17) is 0 Å². The Morgan fingerprint density at radius 2 is 1.43 bits per heavy atom. The molecule has 0 radical (unpaired) electrons. The van der Waals surface area contributed by atoms with Gasteiger partial charge in [-0.1, -0.05) is 24.3 Å². The molecule has 1 aromatic heterocycles. The predicted octanol–water partition coefficient (Wildman–Crippen LogP) is 2.20. The van der Waals surface area contributed by atoms with Crippen molar-refractivity contribution >= 4 is 10.0 Å². The van der Waals surface area contributed by atoms with Crippen molar-refractivity contribution in [3.8, 4) is 0 Å². The van der Waals surface area contributed by atoms with Crippen molar-refractivity contribution in [1.82, 2.24) is 15.0 Å². The van der Waals surface area contributed by atoms with Crippen LogP contribution in [0.4, 0.5) is 0 Å². The van der Waals surface area contributed by atoms with Gasteiger partial charge in [0, 0.05) is 31.5 Å². The summed E-state index contributed by atoms with van der Waals surface area (Å²) in [6.45, 7) is 5.14. The minimum atomic E-state index is -3.27. The van der Waals surface area contributed by atoms with Crippen molar-refractivity contribution in [2.24, 2.45) is 0 Å². The summed E-state index contributed by atoms with van der Waals surface area (Å²) in [6, 6.07) is 11.5. The molecule has 0 saturated heterocycles. The molecule has 2 aromatic rings. The number of sulfonamides is 1. The molecule has 0 unspecified atom stereocenters. The molecule has 6 heteroatoms. The van der Waals surface area contributed by atoms with Gasteiger partial charge in [-0.2, -0.15) is 0 Å². The van der Waals surface area contributed by atoms with Crippen LogP contribution in [0.1, 0.15) is 30.5 Å². The molecule has 1 aromatic carbocycles. The topological polar surface area (TPSA) is 71.1 Å². The average Bonchev–Trinajstić information content (AvgIpc) is 2.48. The van der Waals surface area contributed by atoms with Crippen molar-refractivity contribution in [3.05, 3.63) is 65.5 Å². The van der Waals surface area contributed by atoms with Gasteiger partial charge in [0.05, 0.1) is 5.75 Å². The van der Waals surface area contributed by atoms with Crippen LogP contribution in [-0.2, 0) is 28.9 Å². The highest BCUT2D eigenvalue weighted by atomic mass is 32.2. The van der Waals surface area contributed by atoms with Crippen LogP contribution in [0.3, 0.4) is 0 Å². The first-order valence-electron chi connectivity index (χ1n) is 7.62. The van der Waals surface area contributed by atoms with Crippen molar-refractivity contribution in [1.29, 1.82) is 0 Å². The highest BCUT2D eigenvalue weighted by molar-refractivity contribution is 7.88. The summed E-state index contributed by atoms with van der Waals surface area (Å²) in [6.07, 6.45) is 3.55. The Bertz CT molecular complexity index is 698. The number of aromatic nitrogens is 1. The second kappa shape index (κ2) is 8.19. The molecule has 2 rings (SSSR count). The van der Waals surface area contributed by atoms with Crippen LogP contribution in [0.2, 0.25) is 0 Å². The third kappa shape index (κ3) is 6.48. The Hall–Kier alpha value is -1.76. The largest absolute Gasteiger partial charge is 0.309 e. The molecule has 0 aliphatic carbocycles. The Kier molecular flexibility index (Phi) is 6.27. The van der Waals surface area contributed by atoms with Gasteiger partial charge in [0.15, 0.2) is 0 Å². The summed E-state index contributed by atoms with van der Waals surface area (Å²) < 4.78 is 26.4.